The van der Waals surface area contributed by atoms with Crippen LogP contribution >= 0.6 is 15.9 Å². The summed E-state index contributed by atoms with van der Waals surface area (Å²) in [7, 11) is 1.61. The first-order chi connectivity index (χ1) is 10.3. The molecule has 0 bridgehead atoms. The predicted molar refractivity (Wildman–Crippen MR) is 86.8 cm³/mol. The van der Waals surface area contributed by atoms with Crippen molar-refractivity contribution in [1.29, 1.82) is 0 Å². The van der Waals surface area contributed by atoms with Crippen LogP contribution in [0.15, 0.2) is 59.2 Å². The van der Waals surface area contributed by atoms with E-state index in [4.69, 9.17) is 9.47 Å². The molecule has 0 spiro atoms. The van der Waals surface area contributed by atoms with Gasteiger partial charge in [-0.1, -0.05) is 28.1 Å². The van der Waals surface area contributed by atoms with Gasteiger partial charge in [-0.25, -0.2) is 4.98 Å². The molecule has 0 N–H and O–H groups in total. The number of nitrogens with zero attached hydrogens (tertiary/aromatic N) is 1. The Bertz CT molecular complexity index is 774. The lowest BCUT2D eigenvalue weighted by Crippen LogP contribution is -2.00. The molecule has 3 nitrogen and oxygen atoms in total. The van der Waals surface area contributed by atoms with Gasteiger partial charge in [-0.15, -0.1) is 0 Å². The minimum Gasteiger partial charge on any atom is -0.489 e. The van der Waals surface area contributed by atoms with Crippen molar-refractivity contribution in [3.8, 4) is 11.6 Å². The van der Waals surface area contributed by atoms with Crippen LogP contribution < -0.4 is 9.47 Å². The molecule has 0 atom stereocenters. The molecule has 0 radical (unpaired) electrons. The van der Waals surface area contributed by atoms with Gasteiger partial charge in [0.15, 0.2) is 0 Å². The number of fused-ring (bicyclic) bond motifs is 1. The molecule has 0 amide bonds. The van der Waals surface area contributed by atoms with Gasteiger partial charge in [-0.05, 0) is 47.2 Å². The second-order valence-corrected chi connectivity index (χ2v) is 5.53. The highest BCUT2D eigenvalue weighted by molar-refractivity contribution is 9.10. The molecule has 0 saturated heterocycles. The Balaban J connectivity index is 1.80. The van der Waals surface area contributed by atoms with E-state index in [-0.39, 0.29) is 0 Å². The molecule has 3 rings (SSSR count). The number of hydrogen-bond acceptors (Lipinski definition) is 3. The van der Waals surface area contributed by atoms with Crippen LogP contribution in [0.1, 0.15) is 5.56 Å². The maximum absolute atomic E-state index is 5.84. The van der Waals surface area contributed by atoms with Crippen LogP contribution in [-0.2, 0) is 6.61 Å². The van der Waals surface area contributed by atoms with Gasteiger partial charge in [0, 0.05) is 10.7 Å². The van der Waals surface area contributed by atoms with E-state index < -0.39 is 0 Å². The molecule has 0 fully saturated rings. The molecule has 1 aromatic heterocycles. The van der Waals surface area contributed by atoms with E-state index in [1.807, 2.05) is 30.3 Å². The molecule has 2 aromatic carbocycles. The molecule has 4 heteroatoms. The molecular weight excluding hydrogens is 330 g/mol. The zero-order chi connectivity index (χ0) is 14.7. The van der Waals surface area contributed by atoms with E-state index in [1.54, 1.807) is 13.3 Å². The van der Waals surface area contributed by atoms with Crippen LogP contribution in [0.4, 0.5) is 0 Å². The van der Waals surface area contributed by atoms with Crippen LogP contribution in [0.2, 0.25) is 0 Å². The number of hydrogen-bond donors (Lipinski definition) is 0. The molecular formula is C17H14BrNO2. The lowest BCUT2D eigenvalue weighted by atomic mass is 10.1. The average Bonchev–Trinajstić information content (AvgIpc) is 2.53. The van der Waals surface area contributed by atoms with Gasteiger partial charge in [0.25, 0.3) is 0 Å². The summed E-state index contributed by atoms with van der Waals surface area (Å²) in [4.78, 5) is 4.16. The van der Waals surface area contributed by atoms with E-state index in [1.165, 1.54) is 5.39 Å². The number of rotatable bonds is 4. The van der Waals surface area contributed by atoms with Crippen molar-refractivity contribution in [3.63, 3.8) is 0 Å². The van der Waals surface area contributed by atoms with E-state index >= 15 is 0 Å². The average molecular weight is 344 g/mol. The van der Waals surface area contributed by atoms with E-state index in [9.17, 15) is 0 Å². The van der Waals surface area contributed by atoms with Gasteiger partial charge in [-0.2, -0.15) is 0 Å². The van der Waals surface area contributed by atoms with E-state index in [0.29, 0.717) is 12.5 Å². The number of halogens is 1. The van der Waals surface area contributed by atoms with Crippen molar-refractivity contribution in [2.45, 2.75) is 6.61 Å². The van der Waals surface area contributed by atoms with Crippen molar-refractivity contribution in [3.05, 3.63) is 64.8 Å². The Morgan fingerprint density at radius 1 is 1.05 bits per heavy atom. The summed E-state index contributed by atoms with van der Waals surface area (Å²) in [6, 6.07) is 16.1. The third-order valence-corrected chi connectivity index (χ3v) is 3.70. The minimum atomic E-state index is 0.430. The predicted octanol–water partition coefficient (Wildman–Crippen LogP) is 4.58. The summed E-state index contributed by atoms with van der Waals surface area (Å²) >= 11 is 3.48. The smallest absolute Gasteiger partial charge is 0.219 e. The van der Waals surface area contributed by atoms with Crippen LogP contribution in [0, 0.1) is 0 Å². The fourth-order valence-electron chi connectivity index (χ4n) is 2.16. The normalized spacial score (nSPS) is 10.6. The Labute approximate surface area is 131 Å². The summed E-state index contributed by atoms with van der Waals surface area (Å²) in [6.07, 6.45) is 1.70. The van der Waals surface area contributed by atoms with Crippen molar-refractivity contribution in [1.82, 2.24) is 4.98 Å². The number of aromatic nitrogens is 1. The first kappa shape index (κ1) is 13.9. The summed E-state index contributed by atoms with van der Waals surface area (Å²) in [5.74, 6) is 1.43. The standard InChI is InChI=1S/C17H14BrNO2/c1-20-17-14(3-2-8-19-17)11-21-16-7-5-12-9-15(18)6-4-13(12)10-16/h2-10H,11H2,1H3. The summed E-state index contributed by atoms with van der Waals surface area (Å²) < 4.78 is 12.1. The van der Waals surface area contributed by atoms with E-state index in [0.717, 1.165) is 21.2 Å². The second-order valence-electron chi connectivity index (χ2n) is 4.61. The first-order valence-corrected chi connectivity index (χ1v) is 7.35. The van der Waals surface area contributed by atoms with Crippen molar-refractivity contribution in [2.75, 3.05) is 7.11 Å². The summed E-state index contributed by atoms with van der Waals surface area (Å²) in [5, 5.41) is 2.32. The Kier molecular flexibility index (Phi) is 4.06. The molecule has 106 valence electrons. The molecule has 1 heterocycles. The summed E-state index contributed by atoms with van der Waals surface area (Å²) in [6.45, 7) is 0.430. The quantitative estimate of drug-likeness (QED) is 0.694. The SMILES string of the molecule is COc1ncccc1COc1ccc2cc(Br)ccc2c1. The van der Waals surface area contributed by atoms with Crippen molar-refractivity contribution in [2.24, 2.45) is 0 Å². The highest BCUT2D eigenvalue weighted by Crippen LogP contribution is 2.25. The number of methoxy groups -OCH3 is 1. The molecule has 0 unspecified atom stereocenters. The minimum absolute atomic E-state index is 0.430. The van der Waals surface area contributed by atoms with Crippen LogP contribution in [0.25, 0.3) is 10.8 Å². The Morgan fingerprint density at radius 3 is 2.71 bits per heavy atom. The fraction of sp³-hybridized carbons (Fsp3) is 0.118. The van der Waals surface area contributed by atoms with Gasteiger partial charge in [0.2, 0.25) is 5.88 Å². The molecule has 21 heavy (non-hydrogen) atoms. The van der Waals surface area contributed by atoms with Crippen molar-refractivity contribution < 1.29 is 9.47 Å². The maximum Gasteiger partial charge on any atom is 0.219 e. The molecule has 0 aliphatic heterocycles. The Hall–Kier alpha value is -2.07. The summed E-state index contributed by atoms with van der Waals surface area (Å²) in [5.41, 5.74) is 0.927. The van der Waals surface area contributed by atoms with Crippen molar-refractivity contribution >= 4 is 26.7 Å². The van der Waals surface area contributed by atoms with Gasteiger partial charge >= 0.3 is 0 Å². The topological polar surface area (TPSA) is 31.4 Å². The number of ether oxygens (including phenoxy) is 2. The van der Waals surface area contributed by atoms with Gasteiger partial charge in [0.05, 0.1) is 12.7 Å². The second kappa shape index (κ2) is 6.14. The fourth-order valence-corrected chi connectivity index (χ4v) is 2.54. The highest BCUT2D eigenvalue weighted by atomic mass is 79.9. The van der Waals surface area contributed by atoms with Gasteiger partial charge in [-0.3, -0.25) is 0 Å². The lowest BCUT2D eigenvalue weighted by molar-refractivity contribution is 0.294. The van der Waals surface area contributed by atoms with E-state index in [2.05, 4.69) is 39.1 Å². The number of pyridine rings is 1. The molecule has 3 aromatic rings. The highest BCUT2D eigenvalue weighted by Gasteiger charge is 2.05. The van der Waals surface area contributed by atoms with Gasteiger partial charge in [0.1, 0.15) is 12.4 Å². The monoisotopic (exact) mass is 343 g/mol. The zero-order valence-electron chi connectivity index (χ0n) is 11.5. The molecule has 0 aliphatic rings. The van der Waals surface area contributed by atoms with Gasteiger partial charge < -0.3 is 9.47 Å². The Morgan fingerprint density at radius 2 is 1.86 bits per heavy atom. The number of benzene rings is 2. The third kappa shape index (κ3) is 3.16. The van der Waals surface area contributed by atoms with Crippen LogP contribution in [0.5, 0.6) is 11.6 Å². The zero-order valence-corrected chi connectivity index (χ0v) is 13.1. The largest absolute Gasteiger partial charge is 0.489 e. The molecule has 0 aliphatic carbocycles. The van der Waals surface area contributed by atoms with Crippen LogP contribution in [0.3, 0.4) is 0 Å². The van der Waals surface area contributed by atoms with Crippen LogP contribution in [-0.4, -0.2) is 12.1 Å². The maximum atomic E-state index is 5.84. The third-order valence-electron chi connectivity index (χ3n) is 3.21. The lowest BCUT2D eigenvalue weighted by Gasteiger charge is -2.10. The first-order valence-electron chi connectivity index (χ1n) is 6.56. The molecule has 0 saturated carbocycles.